The second kappa shape index (κ2) is 6.23. The second-order valence-corrected chi connectivity index (χ2v) is 2.79. The van der Waals surface area contributed by atoms with Crippen LogP contribution in [0.25, 0.3) is 0 Å². The molecule has 0 amide bonds. The van der Waals surface area contributed by atoms with E-state index >= 15 is 0 Å². The first-order valence-corrected chi connectivity index (χ1v) is 3.14. The van der Waals surface area contributed by atoms with Crippen molar-refractivity contribution in [1.82, 2.24) is 10.2 Å². The summed E-state index contributed by atoms with van der Waals surface area (Å²) in [6, 6.07) is 0. The fourth-order valence-electron chi connectivity index (χ4n) is 0.994. The summed E-state index contributed by atoms with van der Waals surface area (Å²) in [7, 11) is 4.25. The van der Waals surface area contributed by atoms with Crippen molar-refractivity contribution in [3.8, 4) is 0 Å². The molecule has 10 heavy (non-hydrogen) atoms. The molecule has 64 valence electrons. The van der Waals surface area contributed by atoms with Crippen LogP contribution < -0.4 is 5.32 Å². The lowest BCUT2D eigenvalue weighted by Crippen LogP contribution is -2.46. The van der Waals surface area contributed by atoms with Gasteiger partial charge in [-0.05, 0) is 20.0 Å². The maximum Gasteiger partial charge on any atom is 0.00279 e. The fourth-order valence-corrected chi connectivity index (χ4v) is 0.994. The van der Waals surface area contributed by atoms with Gasteiger partial charge in [-0.15, -0.1) is 24.8 Å². The summed E-state index contributed by atoms with van der Waals surface area (Å²) in [5, 5.41) is 3.24. The van der Waals surface area contributed by atoms with Crippen molar-refractivity contribution >= 4 is 24.8 Å². The van der Waals surface area contributed by atoms with E-state index in [0.29, 0.717) is 0 Å². The topological polar surface area (TPSA) is 15.3 Å². The van der Waals surface area contributed by atoms with Crippen LogP contribution in [0.4, 0.5) is 0 Å². The van der Waals surface area contributed by atoms with Gasteiger partial charge in [0.2, 0.25) is 0 Å². The van der Waals surface area contributed by atoms with Gasteiger partial charge in [0.05, 0.1) is 0 Å². The number of hydrogen-bond donors (Lipinski definition) is 1. The van der Waals surface area contributed by atoms with E-state index in [1.165, 1.54) is 19.6 Å². The van der Waals surface area contributed by atoms with Crippen LogP contribution in [0, 0.1) is 5.92 Å². The normalized spacial score (nSPS) is 17.1. The summed E-state index contributed by atoms with van der Waals surface area (Å²) >= 11 is 0. The molecule has 1 heterocycles. The van der Waals surface area contributed by atoms with Gasteiger partial charge in [0.25, 0.3) is 0 Å². The Bertz CT molecular complexity index is 74.1. The zero-order valence-corrected chi connectivity index (χ0v) is 8.10. The van der Waals surface area contributed by atoms with Crippen LogP contribution in [0.3, 0.4) is 0 Å². The minimum Gasteiger partial charge on any atom is -0.316 e. The lowest BCUT2D eigenvalue weighted by atomic mass is 10.0. The molecule has 1 aliphatic rings. The molecule has 4 heteroatoms. The Kier molecular flexibility index (Phi) is 8.17. The molecule has 0 saturated carbocycles. The van der Waals surface area contributed by atoms with Gasteiger partial charge in [-0.2, -0.15) is 0 Å². The second-order valence-electron chi connectivity index (χ2n) is 2.79. The molecule has 0 bridgehead atoms. The van der Waals surface area contributed by atoms with Crippen LogP contribution in [0.5, 0.6) is 0 Å². The number of halogens is 2. The number of nitrogens with one attached hydrogen (secondary N) is 1. The zero-order valence-electron chi connectivity index (χ0n) is 6.46. The quantitative estimate of drug-likeness (QED) is 0.681. The monoisotopic (exact) mass is 186 g/mol. The van der Waals surface area contributed by atoms with E-state index in [2.05, 4.69) is 24.3 Å². The average molecular weight is 187 g/mol. The maximum atomic E-state index is 3.24. The SMILES string of the molecule is CN(C)CC1CNC1.Cl.Cl. The summed E-state index contributed by atoms with van der Waals surface area (Å²) in [6.07, 6.45) is 0. The number of nitrogens with zero attached hydrogens (tertiary/aromatic N) is 1. The largest absolute Gasteiger partial charge is 0.316 e. The molecule has 0 aromatic heterocycles. The van der Waals surface area contributed by atoms with Gasteiger partial charge < -0.3 is 10.2 Å². The van der Waals surface area contributed by atoms with Gasteiger partial charge in [-0.1, -0.05) is 0 Å². The Morgan fingerprint density at radius 1 is 1.30 bits per heavy atom. The Hall–Kier alpha value is 0.500. The van der Waals surface area contributed by atoms with Gasteiger partial charge >= 0.3 is 0 Å². The van der Waals surface area contributed by atoms with E-state index in [0.717, 1.165) is 5.92 Å². The third-order valence-electron chi connectivity index (χ3n) is 1.49. The van der Waals surface area contributed by atoms with Crippen molar-refractivity contribution in [2.75, 3.05) is 33.7 Å². The molecular weight excluding hydrogens is 171 g/mol. The molecule has 1 fully saturated rings. The highest BCUT2D eigenvalue weighted by molar-refractivity contribution is 5.85. The zero-order chi connectivity index (χ0) is 5.98. The van der Waals surface area contributed by atoms with Crippen LogP contribution in [-0.2, 0) is 0 Å². The van der Waals surface area contributed by atoms with Crippen LogP contribution in [0.1, 0.15) is 0 Å². The molecule has 1 rings (SSSR count). The lowest BCUT2D eigenvalue weighted by molar-refractivity contribution is 0.253. The van der Waals surface area contributed by atoms with E-state index in [1.54, 1.807) is 0 Å². The Morgan fingerprint density at radius 3 is 1.90 bits per heavy atom. The summed E-state index contributed by atoms with van der Waals surface area (Å²) < 4.78 is 0. The van der Waals surface area contributed by atoms with Crippen LogP contribution in [0.15, 0.2) is 0 Å². The van der Waals surface area contributed by atoms with Crippen molar-refractivity contribution < 1.29 is 0 Å². The van der Waals surface area contributed by atoms with Gasteiger partial charge in [0.15, 0.2) is 0 Å². The summed E-state index contributed by atoms with van der Waals surface area (Å²) in [6.45, 7) is 3.68. The third kappa shape index (κ3) is 4.34. The number of rotatable bonds is 2. The molecule has 0 aliphatic carbocycles. The molecule has 2 nitrogen and oxygen atoms in total. The molecule has 1 N–H and O–H groups in total. The summed E-state index contributed by atoms with van der Waals surface area (Å²) in [5.74, 6) is 0.921. The van der Waals surface area contributed by atoms with Gasteiger partial charge in [0, 0.05) is 19.6 Å². The van der Waals surface area contributed by atoms with Crippen LogP contribution in [-0.4, -0.2) is 38.6 Å². The van der Waals surface area contributed by atoms with E-state index in [-0.39, 0.29) is 24.8 Å². The van der Waals surface area contributed by atoms with Gasteiger partial charge in [0.1, 0.15) is 0 Å². The fraction of sp³-hybridized carbons (Fsp3) is 1.00. The van der Waals surface area contributed by atoms with E-state index in [4.69, 9.17) is 0 Å². The van der Waals surface area contributed by atoms with Crippen molar-refractivity contribution in [2.45, 2.75) is 0 Å². The Labute approximate surface area is 75.2 Å². The van der Waals surface area contributed by atoms with Crippen LogP contribution >= 0.6 is 24.8 Å². The highest BCUT2D eigenvalue weighted by Crippen LogP contribution is 2.02. The smallest absolute Gasteiger partial charge is 0.00279 e. The Balaban J connectivity index is 0. The third-order valence-corrected chi connectivity index (χ3v) is 1.49. The van der Waals surface area contributed by atoms with Gasteiger partial charge in [-0.25, -0.2) is 0 Å². The average Bonchev–Trinajstić information content (AvgIpc) is 1.55. The van der Waals surface area contributed by atoms with Crippen molar-refractivity contribution in [2.24, 2.45) is 5.92 Å². The van der Waals surface area contributed by atoms with E-state index < -0.39 is 0 Å². The summed E-state index contributed by atoms with van der Waals surface area (Å²) in [5.41, 5.74) is 0. The summed E-state index contributed by atoms with van der Waals surface area (Å²) in [4.78, 5) is 2.24. The molecule has 0 atom stereocenters. The van der Waals surface area contributed by atoms with Crippen molar-refractivity contribution in [3.63, 3.8) is 0 Å². The molecule has 0 spiro atoms. The van der Waals surface area contributed by atoms with Crippen LogP contribution in [0.2, 0.25) is 0 Å². The van der Waals surface area contributed by atoms with Crippen molar-refractivity contribution in [3.05, 3.63) is 0 Å². The highest BCUT2D eigenvalue weighted by Gasteiger charge is 2.16. The lowest BCUT2D eigenvalue weighted by Gasteiger charge is -2.29. The molecule has 0 aromatic rings. The minimum atomic E-state index is 0. The molecule has 0 radical (unpaired) electrons. The first-order valence-electron chi connectivity index (χ1n) is 3.14. The minimum absolute atomic E-state index is 0. The standard InChI is InChI=1S/C6H14N2.2ClH/c1-8(2)5-6-3-7-4-6;;/h6-7H,3-5H2,1-2H3;2*1H. The molecule has 0 unspecified atom stereocenters. The highest BCUT2D eigenvalue weighted by atomic mass is 35.5. The predicted molar refractivity (Wildman–Crippen MR) is 49.4 cm³/mol. The predicted octanol–water partition coefficient (Wildman–Crippen LogP) is 0.611. The molecule has 1 aliphatic heterocycles. The number of hydrogen-bond acceptors (Lipinski definition) is 2. The molecular formula is C6H16Cl2N2. The van der Waals surface area contributed by atoms with Gasteiger partial charge in [-0.3, -0.25) is 0 Å². The van der Waals surface area contributed by atoms with Crippen molar-refractivity contribution in [1.29, 1.82) is 0 Å². The molecule has 0 aromatic carbocycles. The molecule has 1 saturated heterocycles. The first-order chi connectivity index (χ1) is 3.79. The maximum absolute atomic E-state index is 3.24. The van der Waals surface area contributed by atoms with E-state index in [9.17, 15) is 0 Å². The Morgan fingerprint density at radius 2 is 1.80 bits per heavy atom. The first kappa shape index (κ1) is 13.1. The van der Waals surface area contributed by atoms with E-state index in [1.807, 2.05) is 0 Å².